The Morgan fingerprint density at radius 1 is 1.04 bits per heavy atom. The van der Waals surface area contributed by atoms with Crippen molar-refractivity contribution >= 4 is 17.3 Å². The molecule has 0 unspecified atom stereocenters. The highest BCUT2D eigenvalue weighted by Crippen LogP contribution is 2.38. The number of piperidine rings is 1. The molecule has 0 bridgehead atoms. The molecule has 4 rings (SSSR count). The summed E-state index contributed by atoms with van der Waals surface area (Å²) in [5, 5.41) is 3.07. The fourth-order valence-electron chi connectivity index (χ4n) is 4.12. The Hall–Kier alpha value is -2.23. The molecule has 0 atom stereocenters. The second-order valence-electron chi connectivity index (χ2n) is 8.06. The average molecular weight is 351 g/mol. The standard InChI is InChI=1S/C22H29N3O/c1-15-10-12-24(13-11-15)19-6-4-18(5-7-19)23-22(26)21-14-16(2)25(17(21)3)20-8-9-20/h4-7,14-15,20H,8-13H2,1-3H3,(H,23,26). The summed E-state index contributed by atoms with van der Waals surface area (Å²) in [5.74, 6) is 0.823. The van der Waals surface area contributed by atoms with Crippen molar-refractivity contribution < 1.29 is 4.79 Å². The van der Waals surface area contributed by atoms with Crippen molar-refractivity contribution in [2.24, 2.45) is 5.92 Å². The van der Waals surface area contributed by atoms with Crippen LogP contribution in [0.2, 0.25) is 0 Å². The maximum atomic E-state index is 12.7. The lowest BCUT2D eigenvalue weighted by molar-refractivity contribution is 0.102. The lowest BCUT2D eigenvalue weighted by atomic mass is 9.99. The minimum atomic E-state index is -0.00968. The highest BCUT2D eigenvalue weighted by Gasteiger charge is 2.28. The van der Waals surface area contributed by atoms with Gasteiger partial charge in [-0.2, -0.15) is 0 Å². The number of hydrogen-bond donors (Lipinski definition) is 1. The van der Waals surface area contributed by atoms with Crippen LogP contribution in [0.3, 0.4) is 0 Å². The number of nitrogens with one attached hydrogen (secondary N) is 1. The van der Waals surface area contributed by atoms with Gasteiger partial charge in [0, 0.05) is 41.9 Å². The van der Waals surface area contributed by atoms with Crippen molar-refractivity contribution in [3.63, 3.8) is 0 Å². The highest BCUT2D eigenvalue weighted by molar-refractivity contribution is 6.05. The average Bonchev–Trinajstić information content (AvgIpc) is 3.41. The molecule has 2 aliphatic rings. The maximum absolute atomic E-state index is 12.7. The molecular weight excluding hydrogens is 322 g/mol. The molecule has 2 aromatic rings. The summed E-state index contributed by atoms with van der Waals surface area (Å²) in [4.78, 5) is 15.2. The molecule has 1 aromatic heterocycles. The SMILES string of the molecule is Cc1cc(C(=O)Nc2ccc(N3CCC(C)CC3)cc2)c(C)n1C1CC1. The maximum Gasteiger partial charge on any atom is 0.257 e. The summed E-state index contributed by atoms with van der Waals surface area (Å²) in [5.41, 5.74) is 5.18. The molecule has 2 fully saturated rings. The van der Waals surface area contributed by atoms with E-state index in [0.29, 0.717) is 6.04 Å². The van der Waals surface area contributed by atoms with E-state index < -0.39 is 0 Å². The monoisotopic (exact) mass is 351 g/mol. The van der Waals surface area contributed by atoms with Crippen LogP contribution in [0, 0.1) is 19.8 Å². The Morgan fingerprint density at radius 2 is 1.69 bits per heavy atom. The number of rotatable bonds is 4. The molecule has 4 heteroatoms. The molecule has 4 nitrogen and oxygen atoms in total. The summed E-state index contributed by atoms with van der Waals surface area (Å²) in [6.07, 6.45) is 4.98. The molecule has 1 aliphatic heterocycles. The van der Waals surface area contributed by atoms with Crippen LogP contribution in [0.4, 0.5) is 11.4 Å². The third kappa shape index (κ3) is 3.37. The van der Waals surface area contributed by atoms with Gasteiger partial charge in [0.1, 0.15) is 0 Å². The van der Waals surface area contributed by atoms with Crippen molar-refractivity contribution in [3.8, 4) is 0 Å². The minimum Gasteiger partial charge on any atom is -0.372 e. The van der Waals surface area contributed by atoms with Gasteiger partial charge >= 0.3 is 0 Å². The Kier molecular flexibility index (Phi) is 4.51. The van der Waals surface area contributed by atoms with Gasteiger partial charge in [-0.25, -0.2) is 0 Å². The zero-order valence-electron chi connectivity index (χ0n) is 16.1. The Bertz CT molecular complexity index is 794. The van der Waals surface area contributed by atoms with Gasteiger partial charge in [0.25, 0.3) is 5.91 Å². The predicted octanol–water partition coefficient (Wildman–Crippen LogP) is 4.93. The van der Waals surface area contributed by atoms with Gasteiger partial charge < -0.3 is 14.8 Å². The van der Waals surface area contributed by atoms with Gasteiger partial charge in [0.05, 0.1) is 5.56 Å². The molecule has 138 valence electrons. The molecule has 1 amide bonds. The number of anilines is 2. The molecule has 1 saturated heterocycles. The molecular formula is C22H29N3O. The van der Waals surface area contributed by atoms with E-state index in [-0.39, 0.29) is 5.91 Å². The molecule has 26 heavy (non-hydrogen) atoms. The van der Waals surface area contributed by atoms with Gasteiger partial charge in [0.15, 0.2) is 0 Å². The Labute approximate surface area is 156 Å². The van der Waals surface area contributed by atoms with Crippen LogP contribution in [0.1, 0.15) is 60.4 Å². The van der Waals surface area contributed by atoms with Crippen LogP contribution < -0.4 is 10.2 Å². The number of hydrogen-bond acceptors (Lipinski definition) is 2. The van der Waals surface area contributed by atoms with E-state index in [9.17, 15) is 4.79 Å². The van der Waals surface area contributed by atoms with E-state index in [1.165, 1.54) is 37.1 Å². The molecule has 2 heterocycles. The lowest BCUT2D eigenvalue weighted by Gasteiger charge is -2.32. The van der Waals surface area contributed by atoms with Crippen molar-refractivity contribution in [3.05, 3.63) is 47.3 Å². The summed E-state index contributed by atoms with van der Waals surface area (Å²) < 4.78 is 2.31. The van der Waals surface area contributed by atoms with Crippen LogP contribution in [0.15, 0.2) is 30.3 Å². The van der Waals surface area contributed by atoms with Crippen molar-refractivity contribution in [1.29, 1.82) is 0 Å². The number of aryl methyl sites for hydroxylation is 1. The second-order valence-corrected chi connectivity index (χ2v) is 8.06. The van der Waals surface area contributed by atoms with Crippen molar-refractivity contribution in [2.45, 2.75) is 52.5 Å². The van der Waals surface area contributed by atoms with E-state index in [1.54, 1.807) is 0 Å². The molecule has 0 radical (unpaired) electrons. The third-order valence-electron chi connectivity index (χ3n) is 5.91. The van der Waals surface area contributed by atoms with Crippen LogP contribution in [0.25, 0.3) is 0 Å². The Balaban J connectivity index is 1.44. The lowest BCUT2D eigenvalue weighted by Crippen LogP contribution is -2.32. The van der Waals surface area contributed by atoms with Crippen LogP contribution >= 0.6 is 0 Å². The number of benzene rings is 1. The molecule has 1 aromatic carbocycles. The first-order valence-corrected chi connectivity index (χ1v) is 9.87. The van der Waals surface area contributed by atoms with Crippen LogP contribution in [0.5, 0.6) is 0 Å². The number of carbonyl (C=O) groups is 1. The quantitative estimate of drug-likeness (QED) is 0.848. The van der Waals surface area contributed by atoms with Gasteiger partial charge in [-0.3, -0.25) is 4.79 Å². The first-order valence-electron chi connectivity index (χ1n) is 9.87. The van der Waals surface area contributed by atoms with Gasteiger partial charge in [-0.15, -0.1) is 0 Å². The van der Waals surface area contributed by atoms with Crippen molar-refractivity contribution in [1.82, 2.24) is 4.57 Å². The summed E-state index contributed by atoms with van der Waals surface area (Å²) in [6, 6.07) is 10.9. The normalized spacial score (nSPS) is 18.2. The van der Waals surface area contributed by atoms with Gasteiger partial charge in [-0.05, 0) is 75.8 Å². The number of aromatic nitrogens is 1. The smallest absolute Gasteiger partial charge is 0.257 e. The van der Waals surface area contributed by atoms with Gasteiger partial charge in [-0.1, -0.05) is 6.92 Å². The largest absolute Gasteiger partial charge is 0.372 e. The highest BCUT2D eigenvalue weighted by atomic mass is 16.1. The zero-order valence-corrected chi connectivity index (χ0v) is 16.1. The first-order chi connectivity index (χ1) is 12.5. The third-order valence-corrected chi connectivity index (χ3v) is 5.91. The Morgan fingerprint density at radius 3 is 2.31 bits per heavy atom. The first kappa shape index (κ1) is 17.2. The molecule has 1 aliphatic carbocycles. The molecule has 1 N–H and O–H groups in total. The topological polar surface area (TPSA) is 37.3 Å². The van der Waals surface area contributed by atoms with Gasteiger partial charge in [0.2, 0.25) is 0 Å². The zero-order chi connectivity index (χ0) is 18.3. The van der Waals surface area contributed by atoms with E-state index in [0.717, 1.165) is 36.0 Å². The molecule has 0 spiro atoms. The fraction of sp³-hybridized carbons (Fsp3) is 0.500. The number of amides is 1. The van der Waals surface area contributed by atoms with E-state index in [2.05, 4.69) is 47.7 Å². The second kappa shape index (κ2) is 6.82. The summed E-state index contributed by atoms with van der Waals surface area (Å²) in [6.45, 7) is 8.73. The summed E-state index contributed by atoms with van der Waals surface area (Å²) >= 11 is 0. The van der Waals surface area contributed by atoms with E-state index in [1.807, 2.05) is 18.2 Å². The van der Waals surface area contributed by atoms with Crippen molar-refractivity contribution in [2.75, 3.05) is 23.3 Å². The van der Waals surface area contributed by atoms with E-state index >= 15 is 0 Å². The predicted molar refractivity (Wildman–Crippen MR) is 107 cm³/mol. The minimum absolute atomic E-state index is 0.00968. The van der Waals surface area contributed by atoms with E-state index in [4.69, 9.17) is 0 Å². The fourth-order valence-corrected chi connectivity index (χ4v) is 4.12. The van der Waals surface area contributed by atoms with Crippen LogP contribution in [-0.4, -0.2) is 23.6 Å². The number of nitrogens with zero attached hydrogens (tertiary/aromatic N) is 2. The molecule has 1 saturated carbocycles. The number of carbonyl (C=O) groups excluding carboxylic acids is 1. The summed E-state index contributed by atoms with van der Waals surface area (Å²) in [7, 11) is 0. The van der Waals surface area contributed by atoms with Crippen LogP contribution in [-0.2, 0) is 0 Å².